The largest absolute Gasteiger partial charge is 2.00 e. The molecule has 1 aromatic rings. The normalized spacial score (nSPS) is 6.10. The first-order chi connectivity index (χ1) is 3.39. The zero-order chi connectivity index (χ0) is 5.11. The summed E-state index contributed by atoms with van der Waals surface area (Å²) in [6, 6.07) is 10.1. The average molecular weight is 407 g/mol. The van der Waals surface area contributed by atoms with E-state index in [9.17, 15) is 0 Å². The van der Waals surface area contributed by atoms with Gasteiger partial charge >= 0.3 is 45.0 Å². The molecule has 0 saturated heterocycles. The van der Waals surface area contributed by atoms with E-state index >= 15 is 0 Å². The van der Waals surface area contributed by atoms with Gasteiger partial charge in [0.05, 0.1) is 0 Å². The summed E-state index contributed by atoms with van der Waals surface area (Å²) in [4.78, 5) is 0. The van der Waals surface area contributed by atoms with Gasteiger partial charge in [-0.3, -0.25) is 0 Å². The summed E-state index contributed by atoms with van der Waals surface area (Å²) in [6.07, 6.45) is 0. The monoisotopic (exact) mass is 406 g/mol. The molecule has 1 aromatic carbocycles. The quantitative estimate of drug-likeness (QED) is 0.379. The van der Waals surface area contributed by atoms with Crippen molar-refractivity contribution in [1.29, 1.82) is 0 Å². The fourth-order valence-corrected chi connectivity index (χ4v) is 0.675. The molecule has 0 radical (unpaired) electrons. The van der Waals surface area contributed by atoms with E-state index in [4.69, 9.17) is 0 Å². The summed E-state index contributed by atoms with van der Waals surface area (Å²) in [5, 5.41) is 1.24. The molecule has 0 spiro atoms. The molecule has 1 rings (SSSR count). The topological polar surface area (TPSA) is 0 Å². The van der Waals surface area contributed by atoms with Crippen LogP contribution < -0.4 is 30.1 Å². The van der Waals surface area contributed by atoms with Crippen LogP contribution in [0, 0.1) is 45.0 Å². The molecule has 0 N–H and O–H groups in total. The van der Waals surface area contributed by atoms with E-state index < -0.39 is 0 Å². The van der Waals surface area contributed by atoms with Crippen LogP contribution in [0.25, 0.3) is 0 Å². The predicted octanol–water partition coefficient (Wildman–Crippen LogP) is -4.80. The van der Waals surface area contributed by atoms with Gasteiger partial charge < -0.3 is 24.8 Å². The second kappa shape index (κ2) is 10.7. The molecule has 0 saturated carbocycles. The Balaban J connectivity index is -0.000000163. The molecule has 0 heterocycles. The molecule has 1 unspecified atom stereocenters. The molecule has 0 aliphatic carbocycles. The number of halogens is 2. The second-order valence-corrected chi connectivity index (χ2v) is 2.08. The van der Waals surface area contributed by atoms with Gasteiger partial charge in [0, 0.05) is 0 Å². The molecule has 10 heavy (non-hydrogen) atoms. The van der Waals surface area contributed by atoms with E-state index in [2.05, 4.69) is 9.24 Å². The van der Waals surface area contributed by atoms with Crippen molar-refractivity contribution in [1.82, 2.24) is 0 Å². The van der Waals surface area contributed by atoms with Gasteiger partial charge in [-0.2, -0.15) is 0 Å². The van der Waals surface area contributed by atoms with E-state index in [1.54, 1.807) is 0 Å². The Labute approximate surface area is 113 Å². The smallest absolute Gasteiger partial charge is 1.00 e. The first-order valence-corrected chi connectivity index (χ1v) is 2.78. The third kappa shape index (κ3) is 7.80. The van der Waals surface area contributed by atoms with Gasteiger partial charge in [0.2, 0.25) is 0 Å². The van der Waals surface area contributed by atoms with Crippen molar-refractivity contribution in [3.8, 4) is 0 Å². The maximum atomic E-state index is 2.63. The zero-order valence-corrected chi connectivity index (χ0v) is 13.9. The Morgan fingerprint density at radius 3 is 1.50 bits per heavy atom. The molecule has 0 amide bonds. The van der Waals surface area contributed by atoms with Crippen molar-refractivity contribution in [3.05, 3.63) is 30.3 Å². The number of rotatable bonds is 0. The minimum atomic E-state index is 0. The summed E-state index contributed by atoms with van der Waals surface area (Å²) in [6.45, 7) is 0. The SMILES string of the molecule is Pc1ccccc1.[Cl-].[Cl-].[Ra+2]. The molecule has 0 aromatic heterocycles. The molecular weight excluding hydrogens is 400 g/mol. The predicted molar refractivity (Wildman–Crippen MR) is 35.8 cm³/mol. The third-order valence-electron chi connectivity index (χ3n) is 0.800. The summed E-state index contributed by atoms with van der Waals surface area (Å²) in [7, 11) is 2.63. The summed E-state index contributed by atoms with van der Waals surface area (Å²) in [5.41, 5.74) is 0. The van der Waals surface area contributed by atoms with Crippen LogP contribution in [0.5, 0.6) is 0 Å². The third-order valence-corrected chi connectivity index (χ3v) is 1.18. The van der Waals surface area contributed by atoms with E-state index in [0.717, 1.165) is 0 Å². The Morgan fingerprint density at radius 1 is 0.900 bits per heavy atom. The second-order valence-electron chi connectivity index (χ2n) is 1.41. The molecule has 4 heteroatoms. The van der Waals surface area contributed by atoms with Crippen LogP contribution in [-0.2, 0) is 0 Å². The van der Waals surface area contributed by atoms with Crippen molar-refractivity contribution in [2.45, 2.75) is 0 Å². The molecule has 0 aliphatic rings. The molecule has 0 aliphatic heterocycles. The van der Waals surface area contributed by atoms with Crippen molar-refractivity contribution >= 4 is 14.5 Å². The number of benzene rings is 1. The van der Waals surface area contributed by atoms with E-state index in [1.807, 2.05) is 30.3 Å². The van der Waals surface area contributed by atoms with Crippen LogP contribution in [-0.4, -0.2) is 0 Å². The fraction of sp³-hybridized carbons (Fsp3) is 0. The molecule has 52 valence electrons. The van der Waals surface area contributed by atoms with E-state index in [0.29, 0.717) is 0 Å². The standard InChI is InChI=1S/C6H7P.2ClH.Ra/c7-6-4-2-1-3-5-6;;;/h1-5H,7H2;2*1H;/q;;;+2/p-2. The van der Waals surface area contributed by atoms with Gasteiger partial charge in [0.15, 0.2) is 0 Å². The molecular formula is C6H7Cl2PRa. The fourth-order valence-electron chi connectivity index (χ4n) is 0.453. The van der Waals surface area contributed by atoms with Crippen LogP contribution in [0.2, 0.25) is 0 Å². The Hall–Kier alpha value is 1.70. The maximum absolute atomic E-state index is 2.63. The molecule has 0 fully saturated rings. The zero-order valence-electron chi connectivity index (χ0n) is 5.43. The average Bonchev–Trinajstić information content (AvgIpc) is 1.69. The van der Waals surface area contributed by atoms with Gasteiger partial charge in [0.25, 0.3) is 0 Å². The van der Waals surface area contributed by atoms with Gasteiger partial charge in [-0.25, -0.2) is 0 Å². The Bertz CT molecular complexity index is 146. The van der Waals surface area contributed by atoms with Crippen molar-refractivity contribution in [3.63, 3.8) is 0 Å². The van der Waals surface area contributed by atoms with Crippen LogP contribution in [0.4, 0.5) is 0 Å². The van der Waals surface area contributed by atoms with Crippen molar-refractivity contribution in [2.75, 3.05) is 0 Å². The first-order valence-electron chi connectivity index (χ1n) is 2.20. The van der Waals surface area contributed by atoms with Gasteiger partial charge in [-0.15, -0.1) is 9.24 Å². The van der Waals surface area contributed by atoms with E-state index in [1.165, 1.54) is 5.30 Å². The van der Waals surface area contributed by atoms with Crippen LogP contribution in [0.15, 0.2) is 30.3 Å². The van der Waals surface area contributed by atoms with Crippen LogP contribution in [0.1, 0.15) is 0 Å². The van der Waals surface area contributed by atoms with Gasteiger partial charge in [-0.1, -0.05) is 30.3 Å². The number of hydrogen-bond acceptors (Lipinski definition) is 0. The number of hydrogen-bond donors (Lipinski definition) is 0. The van der Waals surface area contributed by atoms with E-state index in [-0.39, 0.29) is 69.8 Å². The minimum Gasteiger partial charge on any atom is -1.00 e. The summed E-state index contributed by atoms with van der Waals surface area (Å²) >= 11 is 0. The molecule has 1 atom stereocenters. The Morgan fingerprint density at radius 2 is 1.30 bits per heavy atom. The maximum Gasteiger partial charge on any atom is 2.00 e. The Kier molecular flexibility index (Phi) is 18.9. The molecule has 0 nitrogen and oxygen atoms in total. The minimum absolute atomic E-state index is 0. The van der Waals surface area contributed by atoms with Gasteiger partial charge in [-0.05, 0) is 5.30 Å². The summed E-state index contributed by atoms with van der Waals surface area (Å²) in [5.74, 6) is 0. The molecule has 0 bridgehead atoms. The summed E-state index contributed by atoms with van der Waals surface area (Å²) < 4.78 is 0. The van der Waals surface area contributed by atoms with Crippen molar-refractivity contribution < 1.29 is 69.8 Å². The van der Waals surface area contributed by atoms with Crippen molar-refractivity contribution in [2.24, 2.45) is 0 Å². The van der Waals surface area contributed by atoms with Crippen LogP contribution >= 0.6 is 9.24 Å². The van der Waals surface area contributed by atoms with Gasteiger partial charge in [0.1, 0.15) is 0 Å². The van der Waals surface area contributed by atoms with Crippen LogP contribution in [0.3, 0.4) is 0 Å². The first kappa shape index (κ1) is 17.7.